The molecule has 0 saturated carbocycles. The van der Waals surface area contributed by atoms with E-state index in [-0.39, 0.29) is 19.7 Å². The van der Waals surface area contributed by atoms with Gasteiger partial charge in [0.2, 0.25) is 0 Å². The molecule has 24 heavy (non-hydrogen) atoms. The van der Waals surface area contributed by atoms with Crippen molar-refractivity contribution >= 4 is 56.6 Å². The second-order valence-electron chi connectivity index (χ2n) is 4.42. The fourth-order valence-electron chi connectivity index (χ4n) is 1.74. The minimum Gasteiger partial charge on any atom is -0.344 e. The zero-order valence-electron chi connectivity index (χ0n) is 12.1. The van der Waals surface area contributed by atoms with Crippen LogP contribution in [0, 0.1) is 10.1 Å². The summed E-state index contributed by atoms with van der Waals surface area (Å²) in [6.45, 7) is 0. The smallest absolute Gasteiger partial charge is 0.320 e. The summed E-state index contributed by atoms with van der Waals surface area (Å²) in [4.78, 5) is 11.8. The summed E-state index contributed by atoms with van der Waals surface area (Å²) in [6.07, 6.45) is 0. The van der Waals surface area contributed by atoms with E-state index in [9.17, 15) is 10.1 Å². The van der Waals surface area contributed by atoms with Crippen LogP contribution in [0.25, 0.3) is 0 Å². The number of thioether (sulfide) groups is 1. The van der Waals surface area contributed by atoms with E-state index in [1.807, 2.05) is 48.5 Å². The van der Waals surface area contributed by atoms with Crippen molar-refractivity contribution in [2.24, 2.45) is 0 Å². The number of para-hydroxylation sites is 1. The van der Waals surface area contributed by atoms with Gasteiger partial charge in [0.05, 0.1) is 4.92 Å². The van der Waals surface area contributed by atoms with Gasteiger partial charge in [-0.05, 0) is 40.2 Å². The maximum atomic E-state index is 11.6. The summed E-state index contributed by atoms with van der Waals surface area (Å²) < 4.78 is -0.0307. The molecule has 0 aliphatic rings. The molecule has 0 fully saturated rings. The van der Waals surface area contributed by atoms with Crippen molar-refractivity contribution in [2.45, 2.75) is 4.90 Å². The van der Waals surface area contributed by atoms with Crippen molar-refractivity contribution in [2.75, 3.05) is 5.32 Å². The molecule has 0 saturated heterocycles. The van der Waals surface area contributed by atoms with E-state index in [2.05, 4.69) is 21.2 Å². The third kappa shape index (κ3) is 5.27. The lowest BCUT2D eigenvalue weighted by atomic mass is 10.3. The van der Waals surface area contributed by atoms with Gasteiger partial charge in [0.15, 0.2) is 5.03 Å². The van der Waals surface area contributed by atoms with Crippen LogP contribution in [-0.2, 0) is 0 Å². The largest absolute Gasteiger partial charge is 0.344 e. The molecule has 4 nitrogen and oxygen atoms in total. The SMILES string of the molecule is O=[N+]([O-])C(=C(\Nc1ccccc1)Sc1ccccc1)/C(Cl)=C(/Cl)Br. The monoisotopic (exact) mass is 444 g/mol. The normalized spacial score (nSPS) is 13.0. The molecule has 0 amide bonds. The van der Waals surface area contributed by atoms with E-state index in [1.165, 1.54) is 11.8 Å². The van der Waals surface area contributed by atoms with E-state index in [4.69, 9.17) is 23.2 Å². The number of benzene rings is 2. The Morgan fingerprint density at radius 3 is 2.08 bits per heavy atom. The quantitative estimate of drug-likeness (QED) is 0.242. The van der Waals surface area contributed by atoms with Crippen molar-refractivity contribution in [3.8, 4) is 0 Å². The van der Waals surface area contributed by atoms with Gasteiger partial charge in [-0.3, -0.25) is 10.1 Å². The minimum absolute atomic E-state index is 0.0307. The average molecular weight is 446 g/mol. The van der Waals surface area contributed by atoms with Gasteiger partial charge in [-0.15, -0.1) is 0 Å². The molecule has 0 atom stereocenters. The van der Waals surface area contributed by atoms with Crippen LogP contribution < -0.4 is 5.32 Å². The molecule has 2 rings (SSSR count). The number of allylic oxidation sites excluding steroid dienone is 1. The van der Waals surface area contributed by atoms with Crippen molar-refractivity contribution < 1.29 is 4.92 Å². The van der Waals surface area contributed by atoms with Crippen molar-refractivity contribution in [3.63, 3.8) is 0 Å². The topological polar surface area (TPSA) is 55.2 Å². The summed E-state index contributed by atoms with van der Waals surface area (Å²) in [5, 5.41) is 14.7. The predicted molar refractivity (Wildman–Crippen MR) is 104 cm³/mol. The molecule has 2 aromatic carbocycles. The number of rotatable bonds is 6. The van der Waals surface area contributed by atoms with Crippen LogP contribution in [0.4, 0.5) is 5.69 Å². The number of nitrogens with zero attached hydrogens (tertiary/aromatic N) is 1. The Balaban J connectivity index is 2.53. The summed E-state index contributed by atoms with van der Waals surface area (Å²) in [5.74, 6) is 0. The molecule has 2 aromatic rings. The van der Waals surface area contributed by atoms with Gasteiger partial charge in [-0.2, -0.15) is 0 Å². The molecule has 124 valence electrons. The van der Waals surface area contributed by atoms with E-state index in [0.717, 1.165) is 4.90 Å². The number of hydrogen-bond donors (Lipinski definition) is 1. The molecular weight excluding hydrogens is 435 g/mol. The summed E-state index contributed by atoms with van der Waals surface area (Å²) in [7, 11) is 0. The van der Waals surface area contributed by atoms with E-state index in [1.54, 1.807) is 12.1 Å². The molecule has 0 spiro atoms. The standard InChI is InChI=1S/C16H11BrCl2N2O2S/c17-15(19)13(18)14(21(22)23)16(20-11-7-3-1-4-8-11)24-12-9-5-2-6-10-12/h1-10,20H/b15-13-,16-14+. The number of nitrogens with one attached hydrogen (secondary N) is 1. The summed E-state index contributed by atoms with van der Waals surface area (Å²) >= 11 is 16.0. The Morgan fingerprint density at radius 1 is 1.04 bits per heavy atom. The first-order chi connectivity index (χ1) is 11.5. The van der Waals surface area contributed by atoms with Crippen molar-refractivity contribution in [1.82, 2.24) is 0 Å². The molecule has 0 aromatic heterocycles. The van der Waals surface area contributed by atoms with E-state index in [0.29, 0.717) is 5.69 Å². The zero-order valence-corrected chi connectivity index (χ0v) is 16.0. The highest BCUT2D eigenvalue weighted by atomic mass is 79.9. The number of anilines is 1. The van der Waals surface area contributed by atoms with E-state index >= 15 is 0 Å². The molecule has 1 N–H and O–H groups in total. The lowest BCUT2D eigenvalue weighted by molar-refractivity contribution is -0.420. The molecular formula is C16H11BrCl2N2O2S. The Hall–Kier alpha value is -1.47. The number of hydrogen-bond acceptors (Lipinski definition) is 4. The second kappa shape index (κ2) is 9.13. The molecule has 0 aliphatic carbocycles. The Bertz CT molecular complexity index is 736. The summed E-state index contributed by atoms with van der Waals surface area (Å²) in [6, 6.07) is 18.4. The van der Waals surface area contributed by atoms with Crippen LogP contribution >= 0.6 is 50.9 Å². The maximum absolute atomic E-state index is 11.6. The van der Waals surface area contributed by atoms with Crippen LogP contribution in [0.15, 0.2) is 85.3 Å². The first kappa shape index (κ1) is 18.9. The van der Waals surface area contributed by atoms with Crippen LogP contribution in [0.5, 0.6) is 0 Å². The van der Waals surface area contributed by atoms with Crippen molar-refractivity contribution in [1.29, 1.82) is 0 Å². The summed E-state index contributed by atoms with van der Waals surface area (Å²) in [5.41, 5.74) is 0.390. The third-order valence-electron chi connectivity index (χ3n) is 2.77. The lowest BCUT2D eigenvalue weighted by Gasteiger charge is -2.12. The highest BCUT2D eigenvalue weighted by molar-refractivity contribution is 9.12. The van der Waals surface area contributed by atoms with Gasteiger partial charge in [-0.1, -0.05) is 71.4 Å². The van der Waals surface area contributed by atoms with Crippen LogP contribution in [0.2, 0.25) is 0 Å². The van der Waals surface area contributed by atoms with Gasteiger partial charge in [0.25, 0.3) is 0 Å². The average Bonchev–Trinajstić information content (AvgIpc) is 2.56. The Morgan fingerprint density at radius 2 is 1.58 bits per heavy atom. The molecule has 0 unspecified atom stereocenters. The third-order valence-corrected chi connectivity index (χ3v) is 5.05. The van der Waals surface area contributed by atoms with Gasteiger partial charge < -0.3 is 5.32 Å². The van der Waals surface area contributed by atoms with Crippen LogP contribution in [-0.4, -0.2) is 4.92 Å². The van der Waals surface area contributed by atoms with Crippen LogP contribution in [0.1, 0.15) is 0 Å². The second-order valence-corrected chi connectivity index (χ2v) is 7.50. The van der Waals surface area contributed by atoms with Gasteiger partial charge in [-0.25, -0.2) is 0 Å². The zero-order chi connectivity index (χ0) is 17.5. The van der Waals surface area contributed by atoms with Gasteiger partial charge >= 0.3 is 5.70 Å². The first-order valence-corrected chi connectivity index (χ1v) is 9.00. The predicted octanol–water partition coefficient (Wildman–Crippen LogP) is 6.38. The van der Waals surface area contributed by atoms with E-state index < -0.39 is 4.92 Å². The number of nitro groups is 1. The molecule has 8 heteroatoms. The molecule has 0 radical (unpaired) electrons. The number of halogens is 3. The lowest BCUT2D eigenvalue weighted by Crippen LogP contribution is -2.09. The molecule has 0 bridgehead atoms. The highest BCUT2D eigenvalue weighted by Crippen LogP contribution is 2.36. The first-order valence-electron chi connectivity index (χ1n) is 6.64. The van der Waals surface area contributed by atoms with Crippen molar-refractivity contribution in [3.05, 3.63) is 90.5 Å². The van der Waals surface area contributed by atoms with Gasteiger partial charge in [0, 0.05) is 10.6 Å². The minimum atomic E-state index is -0.562. The molecule has 0 heterocycles. The van der Waals surface area contributed by atoms with Gasteiger partial charge in [0.1, 0.15) is 8.97 Å². The maximum Gasteiger partial charge on any atom is 0.320 e. The Labute approximate surface area is 161 Å². The Kier molecular flexibility index (Phi) is 7.17. The fraction of sp³-hybridized carbons (Fsp3) is 0. The highest BCUT2D eigenvalue weighted by Gasteiger charge is 2.26. The fourth-order valence-corrected chi connectivity index (χ4v) is 3.21. The van der Waals surface area contributed by atoms with Crippen LogP contribution in [0.3, 0.4) is 0 Å². The molecule has 0 aliphatic heterocycles.